The van der Waals surface area contributed by atoms with Crippen molar-refractivity contribution in [3.63, 3.8) is 0 Å². The van der Waals surface area contributed by atoms with Crippen LogP contribution in [0.15, 0.2) is 0 Å². The van der Waals surface area contributed by atoms with Gasteiger partial charge < -0.3 is 15.7 Å². The number of aliphatic carboxylic acids is 1. The van der Waals surface area contributed by atoms with Crippen molar-refractivity contribution in [3.8, 4) is 0 Å². The van der Waals surface area contributed by atoms with Crippen LogP contribution in [0.4, 0.5) is 0 Å². The fourth-order valence-corrected chi connectivity index (χ4v) is 1.30. The summed E-state index contributed by atoms with van der Waals surface area (Å²) in [5.74, 6) is -1.00. The van der Waals surface area contributed by atoms with Crippen LogP contribution < -0.4 is 5.73 Å². The summed E-state index contributed by atoms with van der Waals surface area (Å²) in [7, 11) is 0. The van der Waals surface area contributed by atoms with Crippen LogP contribution in [-0.2, 0) is 9.59 Å². The lowest BCUT2D eigenvalue weighted by molar-refractivity contribution is -0.139. The predicted molar refractivity (Wildman–Crippen MR) is 50.7 cm³/mol. The summed E-state index contributed by atoms with van der Waals surface area (Å²) in [5, 5.41) is 8.49. The van der Waals surface area contributed by atoms with E-state index in [1.807, 2.05) is 6.92 Å². The maximum absolute atomic E-state index is 11.7. The molecular weight excluding hydrogens is 184 g/mol. The maximum Gasteiger partial charge on any atom is 0.305 e. The Balaban J connectivity index is 2.45. The molecule has 1 amide bonds. The highest BCUT2D eigenvalue weighted by Crippen LogP contribution is 2.34. The molecule has 0 aromatic heterocycles. The van der Waals surface area contributed by atoms with Crippen molar-refractivity contribution < 1.29 is 14.7 Å². The first kappa shape index (κ1) is 11.0. The van der Waals surface area contributed by atoms with Crippen LogP contribution in [0.1, 0.15) is 26.2 Å². The van der Waals surface area contributed by atoms with E-state index in [-0.39, 0.29) is 18.9 Å². The zero-order valence-electron chi connectivity index (χ0n) is 8.32. The first-order valence-corrected chi connectivity index (χ1v) is 4.79. The number of amides is 1. The SMILES string of the molecule is CCN(CCC(=O)O)C(=O)C1(N)CC1. The number of carbonyl (C=O) groups excluding carboxylic acids is 1. The fourth-order valence-electron chi connectivity index (χ4n) is 1.30. The van der Waals surface area contributed by atoms with Crippen LogP contribution in [0.2, 0.25) is 0 Å². The van der Waals surface area contributed by atoms with Gasteiger partial charge in [-0.15, -0.1) is 0 Å². The molecule has 0 spiro atoms. The Bertz CT molecular complexity index is 248. The van der Waals surface area contributed by atoms with Gasteiger partial charge in [-0.3, -0.25) is 9.59 Å². The zero-order valence-corrected chi connectivity index (χ0v) is 8.32. The Kier molecular flexibility index (Phi) is 3.10. The molecule has 0 aromatic carbocycles. The molecule has 1 fully saturated rings. The summed E-state index contributed by atoms with van der Waals surface area (Å²) in [6.07, 6.45) is 1.42. The van der Waals surface area contributed by atoms with Crippen molar-refractivity contribution in [1.82, 2.24) is 4.90 Å². The van der Waals surface area contributed by atoms with Crippen LogP contribution in [0.25, 0.3) is 0 Å². The molecule has 5 heteroatoms. The number of carbonyl (C=O) groups is 2. The van der Waals surface area contributed by atoms with Crippen molar-refractivity contribution in [3.05, 3.63) is 0 Å². The summed E-state index contributed by atoms with van der Waals surface area (Å²) in [6, 6.07) is 0. The molecule has 0 radical (unpaired) electrons. The molecule has 1 aliphatic rings. The quantitative estimate of drug-likeness (QED) is 0.643. The lowest BCUT2D eigenvalue weighted by Gasteiger charge is -2.23. The third-order valence-electron chi connectivity index (χ3n) is 2.48. The van der Waals surface area contributed by atoms with E-state index in [1.54, 1.807) is 0 Å². The van der Waals surface area contributed by atoms with Crippen molar-refractivity contribution in [2.24, 2.45) is 5.73 Å². The molecule has 3 N–H and O–H groups in total. The highest BCUT2D eigenvalue weighted by atomic mass is 16.4. The fraction of sp³-hybridized carbons (Fsp3) is 0.778. The summed E-state index contributed by atoms with van der Waals surface area (Å²) >= 11 is 0. The van der Waals surface area contributed by atoms with E-state index in [4.69, 9.17) is 10.8 Å². The normalized spacial score (nSPS) is 17.6. The van der Waals surface area contributed by atoms with Gasteiger partial charge in [0.05, 0.1) is 12.0 Å². The zero-order chi connectivity index (χ0) is 10.8. The standard InChI is InChI=1S/C9H16N2O3/c1-2-11(6-3-7(12)13)8(14)9(10)4-5-9/h2-6,10H2,1H3,(H,12,13). The van der Waals surface area contributed by atoms with E-state index in [0.29, 0.717) is 6.54 Å². The average molecular weight is 200 g/mol. The van der Waals surface area contributed by atoms with Crippen molar-refractivity contribution in [2.45, 2.75) is 31.7 Å². The molecule has 0 bridgehead atoms. The van der Waals surface area contributed by atoms with Gasteiger partial charge in [0, 0.05) is 13.1 Å². The van der Waals surface area contributed by atoms with Gasteiger partial charge in [0.15, 0.2) is 0 Å². The molecule has 1 aliphatic carbocycles. The molecular formula is C9H16N2O3. The van der Waals surface area contributed by atoms with Crippen molar-refractivity contribution in [1.29, 1.82) is 0 Å². The van der Waals surface area contributed by atoms with Crippen molar-refractivity contribution >= 4 is 11.9 Å². The number of likely N-dealkylation sites (N-methyl/N-ethyl adjacent to an activating group) is 1. The molecule has 0 aliphatic heterocycles. The van der Waals surface area contributed by atoms with Crippen molar-refractivity contribution in [2.75, 3.05) is 13.1 Å². The summed E-state index contributed by atoms with van der Waals surface area (Å²) < 4.78 is 0. The lowest BCUT2D eigenvalue weighted by Crippen LogP contribution is -2.46. The first-order chi connectivity index (χ1) is 6.49. The average Bonchev–Trinajstić information content (AvgIpc) is 2.85. The number of carboxylic acids is 1. The summed E-state index contributed by atoms with van der Waals surface area (Å²) in [5.41, 5.74) is 5.05. The van der Waals surface area contributed by atoms with E-state index in [9.17, 15) is 9.59 Å². The maximum atomic E-state index is 11.7. The Labute approximate surface area is 82.9 Å². The van der Waals surface area contributed by atoms with Gasteiger partial charge >= 0.3 is 5.97 Å². The topological polar surface area (TPSA) is 83.6 Å². The van der Waals surface area contributed by atoms with E-state index in [0.717, 1.165) is 12.8 Å². The van der Waals surface area contributed by atoms with Gasteiger partial charge in [-0.05, 0) is 19.8 Å². The second-order valence-corrected chi connectivity index (χ2v) is 3.68. The van der Waals surface area contributed by atoms with Gasteiger partial charge in [0.25, 0.3) is 0 Å². The number of hydrogen-bond donors (Lipinski definition) is 2. The minimum Gasteiger partial charge on any atom is -0.481 e. The number of hydrogen-bond acceptors (Lipinski definition) is 3. The van der Waals surface area contributed by atoms with E-state index < -0.39 is 11.5 Å². The smallest absolute Gasteiger partial charge is 0.305 e. The molecule has 0 aromatic rings. The second kappa shape index (κ2) is 3.96. The molecule has 80 valence electrons. The predicted octanol–water partition coefficient (Wildman–Crippen LogP) is -0.199. The molecule has 0 heterocycles. The summed E-state index contributed by atoms with van der Waals surface area (Å²) in [4.78, 5) is 23.5. The molecule has 5 nitrogen and oxygen atoms in total. The van der Waals surface area contributed by atoms with Gasteiger partial charge in [-0.25, -0.2) is 0 Å². The number of nitrogens with zero attached hydrogens (tertiary/aromatic N) is 1. The third kappa shape index (κ3) is 2.45. The molecule has 0 saturated heterocycles. The highest BCUT2D eigenvalue weighted by Gasteiger charge is 2.47. The molecule has 1 rings (SSSR count). The Hall–Kier alpha value is -1.10. The Morgan fingerprint density at radius 2 is 2.07 bits per heavy atom. The Morgan fingerprint density at radius 1 is 1.50 bits per heavy atom. The number of nitrogens with two attached hydrogens (primary N) is 1. The van der Waals surface area contributed by atoms with Gasteiger partial charge in [0.1, 0.15) is 0 Å². The molecule has 14 heavy (non-hydrogen) atoms. The highest BCUT2D eigenvalue weighted by molar-refractivity contribution is 5.89. The minimum absolute atomic E-state index is 0.0182. The summed E-state index contributed by atoms with van der Waals surface area (Å²) in [6.45, 7) is 2.60. The van der Waals surface area contributed by atoms with Crippen LogP contribution in [0.5, 0.6) is 0 Å². The molecule has 1 saturated carbocycles. The van der Waals surface area contributed by atoms with E-state index in [2.05, 4.69) is 0 Å². The monoisotopic (exact) mass is 200 g/mol. The molecule has 0 unspecified atom stereocenters. The number of carboxylic acid groups (broad SMARTS) is 1. The molecule has 0 atom stereocenters. The van der Waals surface area contributed by atoms with Crippen LogP contribution in [0, 0.1) is 0 Å². The van der Waals surface area contributed by atoms with Crippen LogP contribution in [0.3, 0.4) is 0 Å². The van der Waals surface area contributed by atoms with Gasteiger partial charge in [-0.1, -0.05) is 0 Å². The van der Waals surface area contributed by atoms with Gasteiger partial charge in [0.2, 0.25) is 5.91 Å². The van der Waals surface area contributed by atoms with Crippen LogP contribution >= 0.6 is 0 Å². The number of rotatable bonds is 5. The van der Waals surface area contributed by atoms with E-state index in [1.165, 1.54) is 4.90 Å². The largest absolute Gasteiger partial charge is 0.481 e. The first-order valence-electron chi connectivity index (χ1n) is 4.79. The second-order valence-electron chi connectivity index (χ2n) is 3.68. The van der Waals surface area contributed by atoms with Crippen LogP contribution in [-0.4, -0.2) is 40.5 Å². The Morgan fingerprint density at radius 3 is 2.43 bits per heavy atom. The lowest BCUT2D eigenvalue weighted by atomic mass is 10.2. The van der Waals surface area contributed by atoms with Gasteiger partial charge in [-0.2, -0.15) is 0 Å². The minimum atomic E-state index is -0.891. The van der Waals surface area contributed by atoms with E-state index >= 15 is 0 Å². The third-order valence-corrected chi connectivity index (χ3v) is 2.48.